The molecule has 4 aromatic heterocycles. The first kappa shape index (κ1) is 14.2. The summed E-state index contributed by atoms with van der Waals surface area (Å²) in [5.74, 6) is 1.59. The van der Waals surface area contributed by atoms with E-state index in [1.165, 1.54) is 11.1 Å². The summed E-state index contributed by atoms with van der Waals surface area (Å²) in [4.78, 5) is 9.52. The highest BCUT2D eigenvalue weighted by Crippen LogP contribution is 2.42. The minimum atomic E-state index is 0.748. The Morgan fingerprint density at radius 2 is 1.56 bits per heavy atom. The van der Waals surface area contributed by atoms with Gasteiger partial charge in [0.15, 0.2) is 5.76 Å². The zero-order valence-corrected chi connectivity index (χ0v) is 13.6. The summed E-state index contributed by atoms with van der Waals surface area (Å²) in [5.41, 5.74) is 6.31. The molecule has 0 fully saturated rings. The number of rotatable bonds is 3. The molecular weight excluding hydrogens is 312 g/mol. The van der Waals surface area contributed by atoms with Crippen molar-refractivity contribution < 1.29 is 8.83 Å². The summed E-state index contributed by atoms with van der Waals surface area (Å²) in [6.07, 6.45) is 8.34. The molecule has 0 saturated heterocycles. The van der Waals surface area contributed by atoms with Gasteiger partial charge >= 0.3 is 0 Å². The quantitative estimate of drug-likeness (QED) is 0.522. The van der Waals surface area contributed by atoms with Gasteiger partial charge in [-0.1, -0.05) is 6.07 Å². The molecule has 0 spiro atoms. The van der Waals surface area contributed by atoms with Gasteiger partial charge in [0.25, 0.3) is 0 Å². The second-order valence-corrected chi connectivity index (χ2v) is 6.16. The molecule has 122 valence electrons. The van der Waals surface area contributed by atoms with E-state index >= 15 is 0 Å². The molecule has 4 heteroatoms. The average Bonchev–Trinajstić information content (AvgIpc) is 3.43. The van der Waals surface area contributed by atoms with Crippen LogP contribution >= 0.6 is 0 Å². The van der Waals surface area contributed by atoms with Crippen molar-refractivity contribution in [2.45, 2.75) is 19.3 Å². The molecule has 0 unspecified atom stereocenters. The lowest BCUT2D eigenvalue weighted by Gasteiger charge is -2.15. The third kappa shape index (κ3) is 2.30. The Hall–Kier alpha value is -3.14. The smallest absolute Gasteiger partial charge is 0.153 e. The van der Waals surface area contributed by atoms with Crippen LogP contribution in [-0.4, -0.2) is 9.97 Å². The zero-order chi connectivity index (χ0) is 16.6. The van der Waals surface area contributed by atoms with Gasteiger partial charge in [-0.3, -0.25) is 4.98 Å². The van der Waals surface area contributed by atoms with Crippen LogP contribution in [-0.2, 0) is 12.8 Å². The molecule has 4 heterocycles. The first-order valence-electron chi connectivity index (χ1n) is 8.47. The Morgan fingerprint density at radius 3 is 2.28 bits per heavy atom. The fourth-order valence-corrected chi connectivity index (χ4v) is 3.65. The molecule has 4 aromatic rings. The number of pyridine rings is 2. The monoisotopic (exact) mass is 328 g/mol. The number of hydrogen-bond acceptors (Lipinski definition) is 4. The summed E-state index contributed by atoms with van der Waals surface area (Å²) in [5, 5.41) is 0. The van der Waals surface area contributed by atoms with E-state index in [9.17, 15) is 0 Å². The molecule has 4 nitrogen and oxygen atoms in total. The van der Waals surface area contributed by atoms with Crippen molar-refractivity contribution in [3.05, 3.63) is 72.3 Å². The third-order valence-electron chi connectivity index (χ3n) is 4.70. The molecule has 1 aliphatic carbocycles. The van der Waals surface area contributed by atoms with Gasteiger partial charge in [0.2, 0.25) is 0 Å². The first-order valence-corrected chi connectivity index (χ1v) is 8.47. The molecule has 0 amide bonds. The summed E-state index contributed by atoms with van der Waals surface area (Å²) >= 11 is 0. The number of hydrogen-bond donors (Lipinski definition) is 0. The highest BCUT2D eigenvalue weighted by Gasteiger charge is 2.27. The van der Waals surface area contributed by atoms with Gasteiger partial charge in [0, 0.05) is 6.20 Å². The van der Waals surface area contributed by atoms with Crippen molar-refractivity contribution in [2.75, 3.05) is 0 Å². The van der Waals surface area contributed by atoms with Gasteiger partial charge in [0.1, 0.15) is 11.5 Å². The van der Waals surface area contributed by atoms with Crippen LogP contribution in [0.2, 0.25) is 0 Å². The van der Waals surface area contributed by atoms with Crippen LogP contribution in [0.1, 0.15) is 17.5 Å². The van der Waals surface area contributed by atoms with Crippen LogP contribution in [0.4, 0.5) is 0 Å². The van der Waals surface area contributed by atoms with Crippen molar-refractivity contribution in [1.29, 1.82) is 0 Å². The van der Waals surface area contributed by atoms with E-state index in [0.717, 1.165) is 53.4 Å². The van der Waals surface area contributed by atoms with Crippen molar-refractivity contribution >= 4 is 0 Å². The van der Waals surface area contributed by atoms with Crippen LogP contribution in [0, 0.1) is 0 Å². The number of nitrogens with zero attached hydrogens (tertiary/aromatic N) is 2. The standard InChI is InChI=1S/C21H16N2O2/c1-2-11-22-16(8-1)20-15-7-3-6-14(15)19(17-9-4-12-24-17)21(23-20)18-10-5-13-25-18/h1-2,4-5,8-13H,3,6-7H2. The molecule has 0 aliphatic heterocycles. The van der Waals surface area contributed by atoms with Crippen molar-refractivity contribution in [3.63, 3.8) is 0 Å². The van der Waals surface area contributed by atoms with Crippen molar-refractivity contribution in [2.24, 2.45) is 0 Å². The minimum absolute atomic E-state index is 0.748. The summed E-state index contributed by atoms with van der Waals surface area (Å²) in [6, 6.07) is 13.7. The van der Waals surface area contributed by atoms with E-state index in [1.807, 2.05) is 48.7 Å². The van der Waals surface area contributed by atoms with Gasteiger partial charge in [-0.2, -0.15) is 0 Å². The van der Waals surface area contributed by atoms with Gasteiger partial charge in [-0.25, -0.2) is 4.98 Å². The lowest BCUT2D eigenvalue weighted by atomic mass is 9.96. The van der Waals surface area contributed by atoms with Gasteiger partial charge in [-0.05, 0) is 66.8 Å². The molecule has 1 aliphatic rings. The van der Waals surface area contributed by atoms with E-state index in [-0.39, 0.29) is 0 Å². The largest absolute Gasteiger partial charge is 0.464 e. The predicted octanol–water partition coefficient (Wildman–Crippen LogP) is 5.15. The number of furan rings is 2. The molecule has 0 bridgehead atoms. The molecule has 0 N–H and O–H groups in total. The lowest BCUT2D eigenvalue weighted by Crippen LogP contribution is -2.01. The second-order valence-electron chi connectivity index (χ2n) is 6.16. The lowest BCUT2D eigenvalue weighted by molar-refractivity contribution is 0.573. The van der Waals surface area contributed by atoms with Crippen LogP contribution < -0.4 is 0 Å². The zero-order valence-electron chi connectivity index (χ0n) is 13.6. The van der Waals surface area contributed by atoms with Crippen LogP contribution in [0.15, 0.2) is 70.0 Å². The minimum Gasteiger partial charge on any atom is -0.464 e. The van der Waals surface area contributed by atoms with Gasteiger partial charge in [0.05, 0.1) is 29.5 Å². The Labute approximate surface area is 145 Å². The maximum atomic E-state index is 5.73. The first-order chi connectivity index (χ1) is 12.4. The van der Waals surface area contributed by atoms with E-state index in [1.54, 1.807) is 12.5 Å². The van der Waals surface area contributed by atoms with Crippen molar-refractivity contribution in [3.8, 4) is 34.2 Å². The predicted molar refractivity (Wildman–Crippen MR) is 94.9 cm³/mol. The fourth-order valence-electron chi connectivity index (χ4n) is 3.65. The maximum absolute atomic E-state index is 5.73. The van der Waals surface area contributed by atoms with Gasteiger partial charge < -0.3 is 8.83 Å². The Balaban J connectivity index is 1.85. The summed E-state index contributed by atoms with van der Waals surface area (Å²) < 4.78 is 11.4. The van der Waals surface area contributed by atoms with Crippen LogP contribution in [0.3, 0.4) is 0 Å². The molecule has 0 radical (unpaired) electrons. The highest BCUT2D eigenvalue weighted by molar-refractivity contribution is 5.83. The highest BCUT2D eigenvalue weighted by atomic mass is 16.3. The van der Waals surface area contributed by atoms with E-state index < -0.39 is 0 Å². The molecule has 25 heavy (non-hydrogen) atoms. The van der Waals surface area contributed by atoms with E-state index in [0.29, 0.717) is 0 Å². The molecule has 5 rings (SSSR count). The third-order valence-corrected chi connectivity index (χ3v) is 4.70. The number of fused-ring (bicyclic) bond motifs is 1. The Bertz CT molecular complexity index is 1000. The topological polar surface area (TPSA) is 52.1 Å². The number of aromatic nitrogens is 2. The average molecular weight is 328 g/mol. The normalized spacial score (nSPS) is 13.1. The molecular formula is C21H16N2O2. The van der Waals surface area contributed by atoms with Gasteiger partial charge in [-0.15, -0.1) is 0 Å². The SMILES string of the molecule is c1ccc(-c2nc(-c3ccco3)c(-c3ccco3)c3c2CCC3)nc1. The Morgan fingerprint density at radius 1 is 0.760 bits per heavy atom. The van der Waals surface area contributed by atoms with E-state index in [2.05, 4.69) is 4.98 Å². The van der Waals surface area contributed by atoms with Crippen molar-refractivity contribution in [1.82, 2.24) is 9.97 Å². The summed E-state index contributed by atoms with van der Waals surface area (Å²) in [7, 11) is 0. The van der Waals surface area contributed by atoms with E-state index in [4.69, 9.17) is 13.8 Å². The maximum Gasteiger partial charge on any atom is 0.153 e. The van der Waals surface area contributed by atoms with Crippen LogP contribution in [0.25, 0.3) is 34.2 Å². The summed E-state index contributed by atoms with van der Waals surface area (Å²) in [6.45, 7) is 0. The molecule has 0 atom stereocenters. The van der Waals surface area contributed by atoms with Crippen LogP contribution in [0.5, 0.6) is 0 Å². The molecule has 0 saturated carbocycles. The fraction of sp³-hybridized carbons (Fsp3) is 0.143. The molecule has 0 aromatic carbocycles. The second kappa shape index (κ2) is 5.74. The Kier molecular flexibility index (Phi) is 3.27.